The highest BCUT2D eigenvalue weighted by Gasteiger charge is 2.31. The van der Waals surface area contributed by atoms with Crippen LogP contribution in [0.3, 0.4) is 0 Å². The number of hydrogen-bond acceptors (Lipinski definition) is 4. The minimum Gasteiger partial charge on any atom is -0.352 e. The molecule has 2 atom stereocenters. The van der Waals surface area contributed by atoms with Crippen LogP contribution in [0.25, 0.3) is 0 Å². The Morgan fingerprint density at radius 3 is 2.35 bits per heavy atom. The van der Waals surface area contributed by atoms with Crippen LogP contribution in [0.4, 0.5) is 10.1 Å². The third-order valence-corrected chi connectivity index (χ3v) is 7.19. The zero-order chi connectivity index (χ0) is 25.6. The topological polar surface area (TPSA) is 86.8 Å². The summed E-state index contributed by atoms with van der Waals surface area (Å²) in [6, 6.07) is 9.60. The lowest BCUT2D eigenvalue weighted by Crippen LogP contribution is -2.52. The summed E-state index contributed by atoms with van der Waals surface area (Å²) in [5, 5.41) is 3.17. The summed E-state index contributed by atoms with van der Waals surface area (Å²) in [6.07, 6.45) is 1.68. The standard InChI is InChI=1S/C24H31ClFN3O4S/c1-6-16(2)27-24(31)18(4)28(14-19-10-7-8-12-21(19)26)23(30)15-29(34(5,32)33)22-13-9-11-20(25)17(22)3/h7-13,16,18H,6,14-15H2,1-5H3,(H,27,31)/t16-,18-/m0/s1. The van der Waals surface area contributed by atoms with Crippen molar-refractivity contribution in [1.82, 2.24) is 10.2 Å². The van der Waals surface area contributed by atoms with E-state index in [1.165, 1.54) is 30.0 Å². The fraction of sp³-hybridized carbons (Fsp3) is 0.417. The summed E-state index contributed by atoms with van der Waals surface area (Å²) in [5.41, 5.74) is 0.959. The second-order valence-corrected chi connectivity index (χ2v) is 10.6. The van der Waals surface area contributed by atoms with E-state index in [1.54, 1.807) is 31.2 Å². The van der Waals surface area contributed by atoms with Crippen LogP contribution in [0.1, 0.15) is 38.3 Å². The van der Waals surface area contributed by atoms with Crippen molar-refractivity contribution in [2.75, 3.05) is 17.1 Å². The van der Waals surface area contributed by atoms with Gasteiger partial charge in [-0.3, -0.25) is 13.9 Å². The first-order valence-corrected chi connectivity index (χ1v) is 13.2. The lowest BCUT2D eigenvalue weighted by molar-refractivity contribution is -0.139. The number of rotatable bonds is 10. The lowest BCUT2D eigenvalue weighted by Gasteiger charge is -2.32. The van der Waals surface area contributed by atoms with Crippen molar-refractivity contribution >= 4 is 39.1 Å². The summed E-state index contributed by atoms with van der Waals surface area (Å²) in [4.78, 5) is 27.5. The number of sulfonamides is 1. The second kappa shape index (κ2) is 11.7. The van der Waals surface area contributed by atoms with Gasteiger partial charge < -0.3 is 10.2 Å². The Labute approximate surface area is 205 Å². The predicted molar refractivity (Wildman–Crippen MR) is 133 cm³/mol. The molecule has 34 heavy (non-hydrogen) atoms. The number of carbonyl (C=O) groups excluding carboxylic acids is 2. The maximum absolute atomic E-state index is 14.4. The third kappa shape index (κ3) is 6.93. The molecule has 0 aliphatic heterocycles. The number of amides is 2. The Morgan fingerprint density at radius 1 is 1.12 bits per heavy atom. The van der Waals surface area contributed by atoms with E-state index in [2.05, 4.69) is 5.32 Å². The van der Waals surface area contributed by atoms with Crippen LogP contribution < -0.4 is 9.62 Å². The van der Waals surface area contributed by atoms with Gasteiger partial charge in [0.05, 0.1) is 11.9 Å². The first-order valence-electron chi connectivity index (χ1n) is 10.9. The third-order valence-electron chi connectivity index (χ3n) is 5.65. The van der Waals surface area contributed by atoms with Gasteiger partial charge in [0.1, 0.15) is 18.4 Å². The summed E-state index contributed by atoms with van der Waals surface area (Å²) >= 11 is 6.17. The molecule has 0 radical (unpaired) electrons. The van der Waals surface area contributed by atoms with Crippen molar-refractivity contribution in [3.05, 3.63) is 64.4 Å². The van der Waals surface area contributed by atoms with Crippen molar-refractivity contribution in [1.29, 1.82) is 0 Å². The highest BCUT2D eigenvalue weighted by atomic mass is 35.5. The molecular formula is C24H31ClFN3O4S. The zero-order valence-corrected chi connectivity index (χ0v) is 21.6. The molecule has 186 valence electrons. The molecule has 0 aliphatic rings. The Balaban J connectivity index is 2.45. The lowest BCUT2D eigenvalue weighted by atomic mass is 10.1. The normalized spacial score (nSPS) is 13.1. The Bertz CT molecular complexity index is 1140. The number of nitrogens with zero attached hydrogens (tertiary/aromatic N) is 2. The SMILES string of the molecule is CC[C@H](C)NC(=O)[C@H](C)N(Cc1ccccc1F)C(=O)CN(c1cccc(Cl)c1C)S(C)(=O)=O. The summed E-state index contributed by atoms with van der Waals surface area (Å²) in [6.45, 7) is 6.16. The van der Waals surface area contributed by atoms with Gasteiger partial charge in [-0.15, -0.1) is 0 Å². The minimum atomic E-state index is -3.88. The fourth-order valence-electron chi connectivity index (χ4n) is 3.32. The van der Waals surface area contributed by atoms with Crippen LogP contribution in [0.2, 0.25) is 5.02 Å². The van der Waals surface area contributed by atoms with Crippen molar-refractivity contribution in [2.24, 2.45) is 0 Å². The van der Waals surface area contributed by atoms with Gasteiger partial charge in [-0.1, -0.05) is 42.8 Å². The number of carbonyl (C=O) groups is 2. The molecule has 0 spiro atoms. The molecule has 1 N–H and O–H groups in total. The van der Waals surface area contributed by atoms with Crippen LogP contribution in [0, 0.1) is 12.7 Å². The van der Waals surface area contributed by atoms with Crippen molar-refractivity contribution < 1.29 is 22.4 Å². The van der Waals surface area contributed by atoms with E-state index in [0.29, 0.717) is 17.0 Å². The molecule has 0 fully saturated rings. The minimum absolute atomic E-state index is 0.123. The number of benzene rings is 2. The summed E-state index contributed by atoms with van der Waals surface area (Å²) < 4.78 is 40.6. The van der Waals surface area contributed by atoms with Crippen LogP contribution in [0.5, 0.6) is 0 Å². The van der Waals surface area contributed by atoms with Gasteiger partial charge in [0, 0.05) is 23.2 Å². The van der Waals surface area contributed by atoms with E-state index < -0.39 is 40.2 Å². The average Bonchev–Trinajstić information content (AvgIpc) is 2.77. The molecule has 0 unspecified atom stereocenters. The molecule has 2 amide bonds. The molecule has 0 heterocycles. The maximum atomic E-state index is 14.4. The first kappa shape index (κ1) is 27.6. The molecule has 2 rings (SSSR count). The van der Waals surface area contributed by atoms with Gasteiger partial charge in [-0.2, -0.15) is 0 Å². The molecule has 0 saturated heterocycles. The molecule has 0 saturated carbocycles. The van der Waals surface area contributed by atoms with Crippen LogP contribution >= 0.6 is 11.6 Å². The van der Waals surface area contributed by atoms with E-state index >= 15 is 0 Å². The van der Waals surface area contributed by atoms with E-state index in [9.17, 15) is 22.4 Å². The number of nitrogens with one attached hydrogen (secondary N) is 1. The number of anilines is 1. The quantitative estimate of drug-likeness (QED) is 0.524. The maximum Gasteiger partial charge on any atom is 0.244 e. The number of hydrogen-bond donors (Lipinski definition) is 1. The van der Waals surface area contributed by atoms with Gasteiger partial charge in [-0.05, 0) is 51.0 Å². The van der Waals surface area contributed by atoms with E-state index in [4.69, 9.17) is 11.6 Å². The van der Waals surface area contributed by atoms with Gasteiger partial charge in [0.2, 0.25) is 21.8 Å². The van der Waals surface area contributed by atoms with Gasteiger partial charge >= 0.3 is 0 Å². The fourth-order valence-corrected chi connectivity index (χ4v) is 4.39. The van der Waals surface area contributed by atoms with Crippen LogP contribution in [0.15, 0.2) is 42.5 Å². The highest BCUT2D eigenvalue weighted by molar-refractivity contribution is 7.92. The van der Waals surface area contributed by atoms with Crippen molar-refractivity contribution in [3.63, 3.8) is 0 Å². The van der Waals surface area contributed by atoms with Crippen LogP contribution in [-0.4, -0.2) is 50.0 Å². The Kier molecular flexibility index (Phi) is 9.46. The molecule has 7 nitrogen and oxygen atoms in total. The van der Waals surface area contributed by atoms with Gasteiger partial charge in [0.25, 0.3) is 0 Å². The van der Waals surface area contributed by atoms with E-state index in [0.717, 1.165) is 10.6 Å². The van der Waals surface area contributed by atoms with Crippen LogP contribution in [-0.2, 0) is 26.2 Å². The summed E-state index contributed by atoms with van der Waals surface area (Å²) in [5.74, 6) is -1.59. The largest absolute Gasteiger partial charge is 0.352 e. The van der Waals surface area contributed by atoms with Crippen molar-refractivity contribution in [3.8, 4) is 0 Å². The highest BCUT2D eigenvalue weighted by Crippen LogP contribution is 2.28. The smallest absolute Gasteiger partial charge is 0.244 e. The molecule has 2 aromatic rings. The van der Waals surface area contributed by atoms with Gasteiger partial charge in [0.15, 0.2) is 0 Å². The summed E-state index contributed by atoms with van der Waals surface area (Å²) in [7, 11) is -3.88. The second-order valence-electron chi connectivity index (χ2n) is 8.26. The predicted octanol–water partition coefficient (Wildman–Crippen LogP) is 3.89. The van der Waals surface area contributed by atoms with Gasteiger partial charge in [-0.25, -0.2) is 12.8 Å². The molecule has 0 aromatic heterocycles. The average molecular weight is 512 g/mol. The molecule has 0 bridgehead atoms. The molecule has 2 aromatic carbocycles. The number of halogens is 2. The van der Waals surface area contributed by atoms with E-state index in [-0.39, 0.29) is 23.8 Å². The zero-order valence-electron chi connectivity index (χ0n) is 20.0. The van der Waals surface area contributed by atoms with Crippen molar-refractivity contribution in [2.45, 2.75) is 52.7 Å². The Hall–Kier alpha value is -2.65. The van der Waals surface area contributed by atoms with E-state index in [1.807, 2.05) is 13.8 Å². The first-order chi connectivity index (χ1) is 15.9. The molecule has 0 aliphatic carbocycles. The molecular weight excluding hydrogens is 481 g/mol. The monoisotopic (exact) mass is 511 g/mol. The molecule has 10 heteroatoms. The Morgan fingerprint density at radius 2 is 1.76 bits per heavy atom.